The molecule has 2 rings (SSSR count). The van der Waals surface area contributed by atoms with E-state index in [4.69, 9.17) is 0 Å². The molecule has 0 bridgehead atoms. The first-order chi connectivity index (χ1) is 7.18. The Morgan fingerprint density at radius 3 is 2.53 bits per heavy atom. The van der Waals surface area contributed by atoms with E-state index in [-0.39, 0.29) is 10.8 Å². The van der Waals surface area contributed by atoms with E-state index in [1.54, 1.807) is 30.3 Å². The molecule has 0 saturated heterocycles. The minimum atomic E-state index is -0.436. The van der Waals surface area contributed by atoms with Crippen molar-refractivity contribution in [2.45, 2.75) is 0 Å². The Hall–Kier alpha value is -1.88. The van der Waals surface area contributed by atoms with Crippen LogP contribution in [0.1, 0.15) is 0 Å². The zero-order chi connectivity index (χ0) is 10.8. The molecule has 0 fully saturated rings. The van der Waals surface area contributed by atoms with Crippen molar-refractivity contribution in [2.24, 2.45) is 0 Å². The molecule has 0 unspecified atom stereocenters. The predicted molar refractivity (Wildman–Crippen MR) is 58.1 cm³/mol. The normalized spacial score (nSPS) is 10.1. The lowest BCUT2D eigenvalue weighted by Gasteiger charge is -1.98. The average molecular weight is 221 g/mol. The fraction of sp³-hybridized carbons (Fsp3) is 0. The van der Waals surface area contributed by atoms with Crippen molar-refractivity contribution in [2.75, 3.05) is 0 Å². The predicted octanol–water partition coefficient (Wildman–Crippen LogP) is 3.03. The van der Waals surface area contributed by atoms with Gasteiger partial charge in [0.25, 0.3) is 0 Å². The standard InChI is InChI=1S/C10H7NO3S/c12-8-4-2-1-3-7(8)9-5-6-10(15-9)11(13)14/h1-6,12H. The molecular formula is C10H7NO3S. The van der Waals surface area contributed by atoms with Crippen molar-refractivity contribution in [3.63, 3.8) is 0 Å². The molecule has 1 heterocycles. The molecule has 0 amide bonds. The SMILES string of the molecule is O=[N+]([O-])c1ccc(-c2ccccc2O)s1. The van der Waals surface area contributed by atoms with Gasteiger partial charge in [-0.25, -0.2) is 0 Å². The van der Waals surface area contributed by atoms with Crippen LogP contribution in [-0.4, -0.2) is 10.0 Å². The smallest absolute Gasteiger partial charge is 0.324 e. The van der Waals surface area contributed by atoms with Crippen LogP contribution >= 0.6 is 11.3 Å². The molecule has 5 heteroatoms. The topological polar surface area (TPSA) is 63.4 Å². The van der Waals surface area contributed by atoms with Gasteiger partial charge in [-0.05, 0) is 18.2 Å². The molecule has 0 aliphatic heterocycles. The molecule has 1 N–H and O–H groups in total. The second-order valence-corrected chi connectivity index (χ2v) is 3.97. The summed E-state index contributed by atoms with van der Waals surface area (Å²) in [5.41, 5.74) is 0.621. The van der Waals surface area contributed by atoms with Crippen LogP contribution in [0.25, 0.3) is 10.4 Å². The second-order valence-electron chi connectivity index (χ2n) is 2.91. The van der Waals surface area contributed by atoms with Crippen molar-refractivity contribution >= 4 is 16.3 Å². The summed E-state index contributed by atoms with van der Waals surface area (Å²) in [7, 11) is 0. The van der Waals surface area contributed by atoms with Crippen molar-refractivity contribution < 1.29 is 10.0 Å². The molecule has 15 heavy (non-hydrogen) atoms. The third-order valence-corrected chi connectivity index (χ3v) is 3.01. The fourth-order valence-corrected chi connectivity index (χ4v) is 2.11. The maximum atomic E-state index is 10.5. The van der Waals surface area contributed by atoms with Crippen LogP contribution < -0.4 is 0 Å². The first-order valence-electron chi connectivity index (χ1n) is 4.21. The van der Waals surface area contributed by atoms with Crippen molar-refractivity contribution in [1.29, 1.82) is 0 Å². The first-order valence-corrected chi connectivity index (χ1v) is 5.03. The molecule has 0 aliphatic carbocycles. The average Bonchev–Trinajstić information content (AvgIpc) is 2.67. The fourth-order valence-electron chi connectivity index (χ4n) is 1.25. The summed E-state index contributed by atoms with van der Waals surface area (Å²) in [6.07, 6.45) is 0. The number of para-hydroxylation sites is 1. The highest BCUT2D eigenvalue weighted by Gasteiger charge is 2.12. The van der Waals surface area contributed by atoms with Gasteiger partial charge in [0.2, 0.25) is 0 Å². The van der Waals surface area contributed by atoms with Gasteiger partial charge in [0.05, 0.1) is 4.92 Å². The van der Waals surface area contributed by atoms with Crippen molar-refractivity contribution in [3.8, 4) is 16.2 Å². The number of rotatable bonds is 2. The lowest BCUT2D eigenvalue weighted by molar-refractivity contribution is -0.380. The number of nitro groups is 1. The lowest BCUT2D eigenvalue weighted by Crippen LogP contribution is -1.80. The van der Waals surface area contributed by atoms with E-state index in [0.717, 1.165) is 11.3 Å². The molecule has 4 nitrogen and oxygen atoms in total. The van der Waals surface area contributed by atoms with E-state index in [1.165, 1.54) is 6.07 Å². The molecule has 0 radical (unpaired) electrons. The molecular weight excluding hydrogens is 214 g/mol. The second kappa shape index (κ2) is 3.70. The molecule has 0 aliphatic rings. The van der Waals surface area contributed by atoms with Crippen LogP contribution in [0, 0.1) is 10.1 Å². The Bertz CT molecular complexity index is 507. The molecule has 2 aromatic rings. The van der Waals surface area contributed by atoms with Gasteiger partial charge in [-0.3, -0.25) is 10.1 Å². The number of nitrogens with zero attached hydrogens (tertiary/aromatic N) is 1. The highest BCUT2D eigenvalue weighted by Crippen LogP contribution is 2.36. The van der Waals surface area contributed by atoms with Gasteiger partial charge in [0.1, 0.15) is 5.75 Å². The van der Waals surface area contributed by atoms with Gasteiger partial charge in [0.15, 0.2) is 0 Å². The van der Waals surface area contributed by atoms with Gasteiger partial charge < -0.3 is 5.11 Å². The number of phenols is 1. The molecule has 0 spiro atoms. The van der Waals surface area contributed by atoms with E-state index in [1.807, 2.05) is 0 Å². The minimum absolute atomic E-state index is 0.0771. The Kier molecular flexibility index (Phi) is 2.39. The van der Waals surface area contributed by atoms with E-state index >= 15 is 0 Å². The van der Waals surface area contributed by atoms with Crippen LogP contribution in [0.2, 0.25) is 0 Å². The summed E-state index contributed by atoms with van der Waals surface area (Å²) in [6.45, 7) is 0. The van der Waals surface area contributed by atoms with E-state index in [2.05, 4.69) is 0 Å². The van der Waals surface area contributed by atoms with Crippen LogP contribution in [0.4, 0.5) is 5.00 Å². The first kappa shape index (κ1) is 9.67. The largest absolute Gasteiger partial charge is 0.507 e. The quantitative estimate of drug-likeness (QED) is 0.626. The van der Waals surface area contributed by atoms with E-state index in [0.29, 0.717) is 10.4 Å². The molecule has 1 aromatic carbocycles. The number of aromatic hydroxyl groups is 1. The Balaban J connectivity index is 2.46. The van der Waals surface area contributed by atoms with Crippen LogP contribution in [0.15, 0.2) is 36.4 Å². The lowest BCUT2D eigenvalue weighted by atomic mass is 10.2. The highest BCUT2D eigenvalue weighted by atomic mass is 32.1. The van der Waals surface area contributed by atoms with Gasteiger partial charge in [0, 0.05) is 16.5 Å². The maximum Gasteiger partial charge on any atom is 0.324 e. The summed E-state index contributed by atoms with van der Waals surface area (Å²) in [5.74, 6) is 0.134. The van der Waals surface area contributed by atoms with Gasteiger partial charge in [-0.1, -0.05) is 23.5 Å². The Morgan fingerprint density at radius 1 is 1.20 bits per heavy atom. The number of hydrogen-bond acceptors (Lipinski definition) is 4. The molecule has 0 atom stereocenters. The van der Waals surface area contributed by atoms with Gasteiger partial charge in [-0.15, -0.1) is 0 Å². The summed E-state index contributed by atoms with van der Waals surface area (Å²) in [5, 5.41) is 20.1. The molecule has 0 saturated carbocycles. The van der Waals surface area contributed by atoms with Crippen molar-refractivity contribution in [1.82, 2.24) is 0 Å². The highest BCUT2D eigenvalue weighted by molar-refractivity contribution is 7.18. The van der Waals surface area contributed by atoms with Crippen LogP contribution in [-0.2, 0) is 0 Å². The number of phenolic OH excluding ortho intramolecular Hbond substituents is 1. The zero-order valence-electron chi connectivity index (χ0n) is 7.58. The van der Waals surface area contributed by atoms with Crippen LogP contribution in [0.3, 0.4) is 0 Å². The molecule has 1 aromatic heterocycles. The summed E-state index contributed by atoms with van der Waals surface area (Å²) in [4.78, 5) is 10.7. The van der Waals surface area contributed by atoms with Crippen LogP contribution in [0.5, 0.6) is 5.75 Å². The number of hydrogen-bond donors (Lipinski definition) is 1. The monoisotopic (exact) mass is 221 g/mol. The third-order valence-electron chi connectivity index (χ3n) is 1.94. The number of benzene rings is 1. The minimum Gasteiger partial charge on any atom is -0.507 e. The Labute approximate surface area is 89.6 Å². The summed E-state index contributed by atoms with van der Waals surface area (Å²) < 4.78 is 0. The number of thiophene rings is 1. The van der Waals surface area contributed by atoms with E-state index in [9.17, 15) is 15.2 Å². The Morgan fingerprint density at radius 2 is 1.93 bits per heavy atom. The maximum absolute atomic E-state index is 10.5. The summed E-state index contributed by atoms with van der Waals surface area (Å²) >= 11 is 1.05. The third kappa shape index (κ3) is 1.82. The van der Waals surface area contributed by atoms with E-state index < -0.39 is 4.92 Å². The van der Waals surface area contributed by atoms with Gasteiger partial charge in [-0.2, -0.15) is 0 Å². The summed E-state index contributed by atoms with van der Waals surface area (Å²) in [6, 6.07) is 9.84. The zero-order valence-corrected chi connectivity index (χ0v) is 8.40. The van der Waals surface area contributed by atoms with Crippen molar-refractivity contribution in [3.05, 3.63) is 46.5 Å². The van der Waals surface area contributed by atoms with Gasteiger partial charge >= 0.3 is 5.00 Å². The molecule has 76 valence electrons.